The number of nitrogens with one attached hydrogen (secondary N) is 1. The summed E-state index contributed by atoms with van der Waals surface area (Å²) in [6.45, 7) is 0. The predicted molar refractivity (Wildman–Crippen MR) is 97.3 cm³/mol. The highest BCUT2D eigenvalue weighted by Crippen LogP contribution is 2.51. The van der Waals surface area contributed by atoms with Gasteiger partial charge in [0.15, 0.2) is 11.5 Å². The molecule has 4 nitrogen and oxygen atoms in total. The maximum absolute atomic E-state index is 10.1. The normalized spacial score (nSPS) is 26.8. The lowest BCUT2D eigenvalue weighted by Gasteiger charge is -2.38. The lowest BCUT2D eigenvalue weighted by molar-refractivity contribution is 0.312. The minimum atomic E-state index is -0.486. The molecule has 0 aromatic heterocycles. The number of nitrogens with zero attached hydrogens (tertiary/aromatic N) is 1. The predicted octanol–water partition coefficient (Wildman–Crippen LogP) is 4.23. The Labute approximate surface area is 148 Å². The van der Waals surface area contributed by atoms with E-state index in [0.29, 0.717) is 23.5 Å². The molecule has 3 atom stereocenters. The van der Waals surface area contributed by atoms with E-state index in [9.17, 15) is 5.26 Å². The Morgan fingerprint density at radius 1 is 1.12 bits per heavy atom. The maximum atomic E-state index is 10.1. The molecule has 1 aliphatic carbocycles. The van der Waals surface area contributed by atoms with E-state index in [1.807, 2.05) is 18.2 Å². The highest BCUT2D eigenvalue weighted by Gasteiger charge is 2.46. The van der Waals surface area contributed by atoms with Gasteiger partial charge in [-0.15, -0.1) is 0 Å². The number of hydrogen-bond donors (Lipinski definition) is 1. The molecule has 4 heteroatoms. The molecule has 2 aromatic rings. The van der Waals surface area contributed by atoms with Crippen molar-refractivity contribution in [1.29, 1.82) is 5.26 Å². The van der Waals surface area contributed by atoms with Crippen LogP contribution in [0.2, 0.25) is 0 Å². The summed E-state index contributed by atoms with van der Waals surface area (Å²) in [5.74, 6) is 1.75. The Morgan fingerprint density at radius 3 is 2.68 bits per heavy atom. The van der Waals surface area contributed by atoms with Crippen LogP contribution in [0, 0.1) is 11.3 Å². The van der Waals surface area contributed by atoms with Crippen molar-refractivity contribution in [2.24, 2.45) is 0 Å². The molecule has 1 aliphatic heterocycles. The van der Waals surface area contributed by atoms with E-state index in [0.717, 1.165) is 24.8 Å². The standard InChI is InChI=1S/C21H22N2O2/c1-24-19-8-7-14(11-20(19)25-2)21(13-22)10-9-18-16(12-21)15-5-3-4-6-17(15)23-18/h3-8,11,16,18,23H,9-10,12H2,1-2H3/t16-,18-,21+/m0/s1. The number of fused-ring (bicyclic) bond motifs is 3. The number of ether oxygens (including phenoxy) is 2. The van der Waals surface area contributed by atoms with Gasteiger partial charge in [-0.05, 0) is 48.6 Å². The molecule has 0 bridgehead atoms. The smallest absolute Gasteiger partial charge is 0.161 e. The third kappa shape index (κ3) is 2.42. The van der Waals surface area contributed by atoms with E-state index in [-0.39, 0.29) is 0 Å². The van der Waals surface area contributed by atoms with Crippen molar-refractivity contribution in [3.05, 3.63) is 53.6 Å². The van der Waals surface area contributed by atoms with Crippen LogP contribution in [0.1, 0.15) is 36.3 Å². The second kappa shape index (κ2) is 6.00. The van der Waals surface area contributed by atoms with E-state index in [2.05, 4.69) is 35.7 Å². The van der Waals surface area contributed by atoms with E-state index in [1.165, 1.54) is 11.3 Å². The van der Waals surface area contributed by atoms with Gasteiger partial charge in [0, 0.05) is 17.6 Å². The summed E-state index contributed by atoms with van der Waals surface area (Å²) in [5.41, 5.74) is 3.10. The summed E-state index contributed by atoms with van der Waals surface area (Å²) in [7, 11) is 3.26. The zero-order chi connectivity index (χ0) is 17.4. The molecule has 1 N–H and O–H groups in total. The molecule has 0 radical (unpaired) electrons. The molecule has 2 aromatic carbocycles. The first-order valence-electron chi connectivity index (χ1n) is 8.70. The van der Waals surface area contributed by atoms with Crippen LogP contribution in [-0.2, 0) is 5.41 Å². The van der Waals surface area contributed by atoms with Gasteiger partial charge in [-0.3, -0.25) is 0 Å². The van der Waals surface area contributed by atoms with E-state index in [1.54, 1.807) is 14.2 Å². The van der Waals surface area contributed by atoms with E-state index < -0.39 is 5.41 Å². The molecule has 1 saturated carbocycles. The number of benzene rings is 2. The Balaban J connectivity index is 1.72. The first-order chi connectivity index (χ1) is 12.2. The number of hydrogen-bond acceptors (Lipinski definition) is 4. The fourth-order valence-corrected chi connectivity index (χ4v) is 4.44. The van der Waals surface area contributed by atoms with Crippen LogP contribution in [0.5, 0.6) is 11.5 Å². The first-order valence-corrected chi connectivity index (χ1v) is 8.70. The topological polar surface area (TPSA) is 54.3 Å². The maximum Gasteiger partial charge on any atom is 0.161 e. The first kappa shape index (κ1) is 15.8. The van der Waals surface area contributed by atoms with Crippen molar-refractivity contribution in [2.75, 3.05) is 19.5 Å². The summed E-state index contributed by atoms with van der Waals surface area (Å²) in [6, 6.07) is 17.4. The molecule has 0 saturated heterocycles. The van der Waals surface area contributed by atoms with Crippen molar-refractivity contribution in [3.8, 4) is 17.6 Å². The van der Waals surface area contributed by atoms with Crippen molar-refractivity contribution >= 4 is 5.69 Å². The van der Waals surface area contributed by atoms with E-state index >= 15 is 0 Å². The highest BCUT2D eigenvalue weighted by molar-refractivity contribution is 5.60. The van der Waals surface area contributed by atoms with Crippen LogP contribution in [0.3, 0.4) is 0 Å². The molecule has 128 valence electrons. The largest absolute Gasteiger partial charge is 0.493 e. The van der Waals surface area contributed by atoms with Gasteiger partial charge in [-0.2, -0.15) is 5.26 Å². The number of para-hydroxylation sites is 1. The minimum Gasteiger partial charge on any atom is -0.493 e. The summed E-state index contributed by atoms with van der Waals surface area (Å²) in [5, 5.41) is 13.7. The van der Waals surface area contributed by atoms with Crippen molar-refractivity contribution in [2.45, 2.75) is 36.6 Å². The SMILES string of the molecule is COc1ccc([C@]2(C#N)CC[C@@H]3Nc4ccccc4[C@@H]3C2)cc1OC. The molecule has 0 spiro atoms. The number of nitriles is 1. The number of anilines is 1. The Kier molecular flexibility index (Phi) is 3.80. The fourth-order valence-electron chi connectivity index (χ4n) is 4.44. The van der Waals surface area contributed by atoms with Gasteiger partial charge >= 0.3 is 0 Å². The highest BCUT2D eigenvalue weighted by atomic mass is 16.5. The van der Waals surface area contributed by atoms with Crippen molar-refractivity contribution < 1.29 is 9.47 Å². The van der Waals surface area contributed by atoms with Crippen molar-refractivity contribution in [1.82, 2.24) is 0 Å². The van der Waals surface area contributed by atoms with Gasteiger partial charge in [0.2, 0.25) is 0 Å². The van der Waals surface area contributed by atoms with Crippen LogP contribution in [-0.4, -0.2) is 20.3 Å². The molecule has 1 fully saturated rings. The van der Waals surface area contributed by atoms with Crippen LogP contribution in [0.25, 0.3) is 0 Å². The molecule has 4 rings (SSSR count). The summed E-state index contributed by atoms with van der Waals surface area (Å²) in [4.78, 5) is 0. The second-order valence-corrected chi connectivity index (χ2v) is 6.95. The lowest BCUT2D eigenvalue weighted by atomic mass is 9.64. The van der Waals surface area contributed by atoms with Gasteiger partial charge < -0.3 is 14.8 Å². The van der Waals surface area contributed by atoms with Crippen LogP contribution < -0.4 is 14.8 Å². The zero-order valence-electron chi connectivity index (χ0n) is 14.6. The van der Waals surface area contributed by atoms with Crippen molar-refractivity contribution in [3.63, 3.8) is 0 Å². The molecule has 1 heterocycles. The third-order valence-electron chi connectivity index (χ3n) is 5.79. The fraction of sp³-hybridized carbons (Fsp3) is 0.381. The van der Waals surface area contributed by atoms with Gasteiger partial charge in [0.25, 0.3) is 0 Å². The van der Waals surface area contributed by atoms with Gasteiger partial charge in [0.05, 0.1) is 25.7 Å². The van der Waals surface area contributed by atoms with Gasteiger partial charge in [0.1, 0.15) is 0 Å². The minimum absolute atomic E-state index is 0.373. The summed E-state index contributed by atoms with van der Waals surface area (Å²) in [6.07, 6.45) is 2.66. The summed E-state index contributed by atoms with van der Waals surface area (Å²) >= 11 is 0. The quantitative estimate of drug-likeness (QED) is 0.913. The van der Waals surface area contributed by atoms with Crippen LogP contribution in [0.15, 0.2) is 42.5 Å². The molecule has 0 unspecified atom stereocenters. The van der Waals surface area contributed by atoms with Gasteiger partial charge in [-0.1, -0.05) is 24.3 Å². The van der Waals surface area contributed by atoms with E-state index in [4.69, 9.17) is 9.47 Å². The Bertz CT molecular complexity index is 842. The molecule has 25 heavy (non-hydrogen) atoms. The Hall–Kier alpha value is -2.67. The second-order valence-electron chi connectivity index (χ2n) is 6.95. The molecule has 0 amide bonds. The molecule has 2 aliphatic rings. The average molecular weight is 334 g/mol. The zero-order valence-corrected chi connectivity index (χ0v) is 14.6. The molecular formula is C21H22N2O2. The number of rotatable bonds is 3. The lowest BCUT2D eigenvalue weighted by Crippen LogP contribution is -2.38. The molecular weight excluding hydrogens is 312 g/mol. The van der Waals surface area contributed by atoms with Crippen LogP contribution in [0.4, 0.5) is 5.69 Å². The number of methoxy groups -OCH3 is 2. The van der Waals surface area contributed by atoms with Gasteiger partial charge in [-0.25, -0.2) is 0 Å². The monoisotopic (exact) mass is 334 g/mol. The average Bonchev–Trinajstić information content (AvgIpc) is 3.04. The third-order valence-corrected chi connectivity index (χ3v) is 5.79. The Morgan fingerprint density at radius 2 is 1.92 bits per heavy atom. The summed E-state index contributed by atoms with van der Waals surface area (Å²) < 4.78 is 10.8. The van der Waals surface area contributed by atoms with Crippen LogP contribution >= 0.6 is 0 Å².